The number of thiophene rings is 1. The van der Waals surface area contributed by atoms with Gasteiger partial charge in [-0.1, -0.05) is 38.0 Å². The lowest BCUT2D eigenvalue weighted by molar-refractivity contribution is 0.0764. The summed E-state index contributed by atoms with van der Waals surface area (Å²) in [5, 5.41) is 14.0. The van der Waals surface area contributed by atoms with E-state index in [1.165, 1.54) is 41.3 Å². The van der Waals surface area contributed by atoms with Crippen molar-refractivity contribution in [3.63, 3.8) is 0 Å². The lowest BCUT2D eigenvalue weighted by Crippen LogP contribution is -2.26. The Kier molecular flexibility index (Phi) is 3.90. The minimum absolute atomic E-state index is 0.162. The van der Waals surface area contributed by atoms with Gasteiger partial charge < -0.3 is 5.11 Å². The van der Waals surface area contributed by atoms with E-state index in [0.29, 0.717) is 5.92 Å². The predicted molar refractivity (Wildman–Crippen MR) is 82.7 cm³/mol. The van der Waals surface area contributed by atoms with Gasteiger partial charge in [0.25, 0.3) is 0 Å². The molecule has 102 valence electrons. The number of fused-ring (bicyclic) bond motifs is 1. The molecule has 1 aromatic heterocycles. The average Bonchev–Trinajstić information content (AvgIpc) is 2.83. The molecule has 1 unspecified atom stereocenters. The van der Waals surface area contributed by atoms with E-state index < -0.39 is 0 Å². The Morgan fingerprint density at radius 3 is 2.74 bits per heavy atom. The number of rotatable bonds is 3. The molecule has 0 aliphatic heterocycles. The molecule has 1 nitrogen and oxygen atoms in total. The topological polar surface area (TPSA) is 20.2 Å². The van der Waals surface area contributed by atoms with Crippen molar-refractivity contribution < 1.29 is 5.11 Å². The van der Waals surface area contributed by atoms with Crippen molar-refractivity contribution >= 4 is 21.4 Å². The van der Waals surface area contributed by atoms with Gasteiger partial charge in [-0.05, 0) is 47.1 Å². The van der Waals surface area contributed by atoms with Crippen LogP contribution in [0.3, 0.4) is 0 Å². The van der Waals surface area contributed by atoms with E-state index in [2.05, 4.69) is 36.6 Å². The van der Waals surface area contributed by atoms with Crippen LogP contribution < -0.4 is 0 Å². The second-order valence-electron chi connectivity index (χ2n) is 6.05. The normalized spacial score (nSPS) is 25.6. The molecule has 2 heteroatoms. The van der Waals surface area contributed by atoms with Crippen LogP contribution in [0.2, 0.25) is 0 Å². The first-order chi connectivity index (χ1) is 9.24. The first kappa shape index (κ1) is 13.1. The van der Waals surface area contributed by atoms with E-state index in [1.54, 1.807) is 11.3 Å². The van der Waals surface area contributed by atoms with E-state index in [0.717, 1.165) is 12.3 Å². The zero-order valence-electron chi connectivity index (χ0n) is 11.5. The Balaban J connectivity index is 1.70. The lowest BCUT2D eigenvalue weighted by atomic mass is 9.79. The van der Waals surface area contributed by atoms with Crippen LogP contribution in [0.25, 0.3) is 10.1 Å². The maximum atomic E-state index is 10.5. The molecule has 0 spiro atoms. The smallest absolute Gasteiger partial charge is 0.0609 e. The Bertz CT molecular complexity index is 537. The summed E-state index contributed by atoms with van der Waals surface area (Å²) in [4.78, 5) is 0. The molecule has 1 fully saturated rings. The quantitative estimate of drug-likeness (QED) is 0.865. The van der Waals surface area contributed by atoms with Crippen molar-refractivity contribution in [2.24, 2.45) is 11.8 Å². The summed E-state index contributed by atoms with van der Waals surface area (Å²) in [7, 11) is 0. The molecule has 1 aliphatic carbocycles. The molecule has 19 heavy (non-hydrogen) atoms. The third-order valence-corrected chi connectivity index (χ3v) is 5.61. The SMILES string of the molecule is CC1CCC(C(O)Cc2csc3ccccc23)CC1. The van der Waals surface area contributed by atoms with Gasteiger partial charge in [-0.15, -0.1) is 11.3 Å². The Labute approximate surface area is 119 Å². The Morgan fingerprint density at radius 2 is 1.95 bits per heavy atom. The van der Waals surface area contributed by atoms with Gasteiger partial charge in [0.1, 0.15) is 0 Å². The highest BCUT2D eigenvalue weighted by Crippen LogP contribution is 2.33. The zero-order valence-corrected chi connectivity index (χ0v) is 12.3. The number of aliphatic hydroxyl groups is 1. The molecular weight excluding hydrogens is 252 g/mol. The number of benzene rings is 1. The lowest BCUT2D eigenvalue weighted by Gasteiger charge is -2.29. The first-order valence-corrected chi connectivity index (χ1v) is 8.25. The van der Waals surface area contributed by atoms with Crippen LogP contribution in [0, 0.1) is 11.8 Å². The highest BCUT2D eigenvalue weighted by molar-refractivity contribution is 7.17. The van der Waals surface area contributed by atoms with E-state index in [9.17, 15) is 5.11 Å². The highest BCUT2D eigenvalue weighted by Gasteiger charge is 2.25. The van der Waals surface area contributed by atoms with Gasteiger partial charge in [-0.3, -0.25) is 0 Å². The molecular formula is C17H22OS. The fourth-order valence-corrected chi connectivity index (χ4v) is 4.23. The van der Waals surface area contributed by atoms with Crippen molar-refractivity contribution in [1.82, 2.24) is 0 Å². The van der Waals surface area contributed by atoms with Crippen LogP contribution in [-0.2, 0) is 6.42 Å². The minimum atomic E-state index is -0.162. The van der Waals surface area contributed by atoms with E-state index in [-0.39, 0.29) is 6.10 Å². The average molecular weight is 274 g/mol. The molecule has 1 N–H and O–H groups in total. The monoisotopic (exact) mass is 274 g/mol. The largest absolute Gasteiger partial charge is 0.392 e. The minimum Gasteiger partial charge on any atom is -0.392 e. The summed E-state index contributed by atoms with van der Waals surface area (Å²) in [5.41, 5.74) is 1.33. The molecule has 3 rings (SSSR count). The summed E-state index contributed by atoms with van der Waals surface area (Å²) in [6, 6.07) is 8.52. The molecule has 1 aliphatic rings. The molecule has 1 saturated carbocycles. The van der Waals surface area contributed by atoms with Gasteiger partial charge >= 0.3 is 0 Å². The summed E-state index contributed by atoms with van der Waals surface area (Å²) in [6.45, 7) is 2.33. The van der Waals surface area contributed by atoms with Gasteiger partial charge in [-0.2, -0.15) is 0 Å². The first-order valence-electron chi connectivity index (χ1n) is 7.37. The summed E-state index contributed by atoms with van der Waals surface area (Å²) in [6.07, 6.45) is 5.63. The second kappa shape index (κ2) is 5.64. The van der Waals surface area contributed by atoms with Gasteiger partial charge in [0.15, 0.2) is 0 Å². The van der Waals surface area contributed by atoms with Gasteiger partial charge in [0.2, 0.25) is 0 Å². The Morgan fingerprint density at radius 1 is 1.21 bits per heavy atom. The molecule has 0 bridgehead atoms. The standard InChI is InChI=1S/C17H22OS/c1-12-6-8-13(9-7-12)16(18)10-14-11-19-17-5-3-2-4-15(14)17/h2-5,11-13,16,18H,6-10H2,1H3. The van der Waals surface area contributed by atoms with Crippen LogP contribution in [0.5, 0.6) is 0 Å². The fraction of sp³-hybridized carbons (Fsp3) is 0.529. The van der Waals surface area contributed by atoms with E-state index in [1.807, 2.05) is 0 Å². The maximum absolute atomic E-state index is 10.5. The molecule has 0 amide bonds. The molecule has 2 aromatic rings. The maximum Gasteiger partial charge on any atom is 0.0609 e. The zero-order chi connectivity index (χ0) is 13.2. The van der Waals surface area contributed by atoms with Crippen LogP contribution in [-0.4, -0.2) is 11.2 Å². The molecule has 1 atom stereocenters. The highest BCUT2D eigenvalue weighted by atomic mass is 32.1. The van der Waals surface area contributed by atoms with E-state index >= 15 is 0 Å². The fourth-order valence-electron chi connectivity index (χ4n) is 3.25. The van der Waals surface area contributed by atoms with E-state index in [4.69, 9.17) is 0 Å². The van der Waals surface area contributed by atoms with Crippen molar-refractivity contribution in [3.05, 3.63) is 35.2 Å². The number of hydrogen-bond acceptors (Lipinski definition) is 2. The van der Waals surface area contributed by atoms with Crippen LogP contribution in [0.15, 0.2) is 29.6 Å². The van der Waals surface area contributed by atoms with Gasteiger partial charge in [0, 0.05) is 11.1 Å². The van der Waals surface area contributed by atoms with Crippen LogP contribution in [0.4, 0.5) is 0 Å². The molecule has 1 heterocycles. The number of aliphatic hydroxyl groups excluding tert-OH is 1. The summed E-state index contributed by atoms with van der Waals surface area (Å²) < 4.78 is 1.34. The number of hydrogen-bond donors (Lipinski definition) is 1. The molecule has 0 saturated heterocycles. The van der Waals surface area contributed by atoms with Gasteiger partial charge in [-0.25, -0.2) is 0 Å². The van der Waals surface area contributed by atoms with Crippen molar-refractivity contribution in [2.75, 3.05) is 0 Å². The van der Waals surface area contributed by atoms with Crippen LogP contribution >= 0.6 is 11.3 Å². The third-order valence-electron chi connectivity index (χ3n) is 4.59. The van der Waals surface area contributed by atoms with Crippen LogP contribution in [0.1, 0.15) is 38.2 Å². The predicted octanol–water partition coefficient (Wildman–Crippen LogP) is 4.63. The third kappa shape index (κ3) is 2.85. The van der Waals surface area contributed by atoms with Crippen molar-refractivity contribution in [3.8, 4) is 0 Å². The second-order valence-corrected chi connectivity index (χ2v) is 6.96. The Hall–Kier alpha value is -0.860. The molecule has 1 aromatic carbocycles. The van der Waals surface area contributed by atoms with Crippen molar-refractivity contribution in [1.29, 1.82) is 0 Å². The summed E-state index contributed by atoms with van der Waals surface area (Å²) >= 11 is 1.79. The summed E-state index contributed by atoms with van der Waals surface area (Å²) in [5.74, 6) is 1.36. The molecule has 0 radical (unpaired) electrons. The van der Waals surface area contributed by atoms with Crippen molar-refractivity contribution in [2.45, 2.75) is 45.1 Å². The van der Waals surface area contributed by atoms with Gasteiger partial charge in [0.05, 0.1) is 6.10 Å².